The van der Waals surface area contributed by atoms with Gasteiger partial charge < -0.3 is 9.84 Å². The fourth-order valence-electron chi connectivity index (χ4n) is 3.58. The van der Waals surface area contributed by atoms with Gasteiger partial charge in [-0.25, -0.2) is 0 Å². The Bertz CT molecular complexity index is 1140. The quantitative estimate of drug-likeness (QED) is 0.332. The minimum atomic E-state index is -0.773. The van der Waals surface area contributed by atoms with Gasteiger partial charge in [0.05, 0.1) is 18.7 Å². The van der Waals surface area contributed by atoms with E-state index in [2.05, 4.69) is 15.9 Å². The number of halogens is 1. The third-order valence-corrected chi connectivity index (χ3v) is 5.50. The number of carbonyl (C=O) groups is 2. The van der Waals surface area contributed by atoms with Crippen LogP contribution in [-0.2, 0) is 9.59 Å². The van der Waals surface area contributed by atoms with Gasteiger partial charge in [-0.15, -0.1) is 0 Å². The van der Waals surface area contributed by atoms with E-state index in [-0.39, 0.29) is 11.3 Å². The highest BCUT2D eigenvalue weighted by atomic mass is 79.9. The zero-order chi connectivity index (χ0) is 21.3. The maximum Gasteiger partial charge on any atom is 0.300 e. The molecule has 1 saturated heterocycles. The van der Waals surface area contributed by atoms with Gasteiger partial charge in [0.15, 0.2) is 0 Å². The van der Waals surface area contributed by atoms with Gasteiger partial charge in [-0.1, -0.05) is 64.5 Å². The summed E-state index contributed by atoms with van der Waals surface area (Å²) in [6.07, 6.45) is 0. The number of anilines is 1. The minimum Gasteiger partial charge on any atom is -0.507 e. The molecular weight excluding hydrogens is 446 g/mol. The van der Waals surface area contributed by atoms with Crippen molar-refractivity contribution in [1.29, 1.82) is 0 Å². The standard InChI is InChI=1S/C24H18BrNO4/c1-30-19-12-10-15(11-13-19)21-20(22(27)16-6-3-2-4-7-16)23(28)24(29)26(21)18-9-5-8-17(25)14-18/h2-14,21,27H,1H3/t21-/m0/s1. The third-order valence-electron chi connectivity index (χ3n) is 5.01. The fraction of sp³-hybridized carbons (Fsp3) is 0.0833. The normalized spacial score (nSPS) is 17.9. The van der Waals surface area contributed by atoms with E-state index in [0.717, 1.165) is 4.47 Å². The van der Waals surface area contributed by atoms with Crippen molar-refractivity contribution >= 4 is 39.1 Å². The highest BCUT2D eigenvalue weighted by Crippen LogP contribution is 2.42. The first kappa shape index (κ1) is 19.9. The average molecular weight is 464 g/mol. The molecule has 0 saturated carbocycles. The van der Waals surface area contributed by atoms with Crippen molar-refractivity contribution in [2.75, 3.05) is 12.0 Å². The van der Waals surface area contributed by atoms with Crippen LogP contribution < -0.4 is 9.64 Å². The number of Topliss-reactive ketones (excluding diaryl/α,β-unsaturated/α-hetero) is 1. The zero-order valence-electron chi connectivity index (χ0n) is 16.1. The van der Waals surface area contributed by atoms with Gasteiger partial charge in [0, 0.05) is 15.7 Å². The molecule has 1 atom stereocenters. The van der Waals surface area contributed by atoms with Crippen LogP contribution in [0.3, 0.4) is 0 Å². The van der Waals surface area contributed by atoms with Crippen LogP contribution in [0.4, 0.5) is 5.69 Å². The van der Waals surface area contributed by atoms with E-state index in [4.69, 9.17) is 4.74 Å². The van der Waals surface area contributed by atoms with Gasteiger partial charge in [-0.3, -0.25) is 14.5 Å². The summed E-state index contributed by atoms with van der Waals surface area (Å²) in [7, 11) is 1.57. The lowest BCUT2D eigenvalue weighted by Crippen LogP contribution is -2.29. The Morgan fingerprint density at radius 3 is 2.30 bits per heavy atom. The third kappa shape index (κ3) is 3.50. The maximum atomic E-state index is 13.1. The summed E-state index contributed by atoms with van der Waals surface area (Å²) in [4.78, 5) is 27.5. The van der Waals surface area contributed by atoms with Crippen molar-refractivity contribution in [3.63, 3.8) is 0 Å². The lowest BCUT2D eigenvalue weighted by Gasteiger charge is -2.25. The number of hydrogen-bond acceptors (Lipinski definition) is 4. The number of aliphatic hydroxyl groups is 1. The maximum absolute atomic E-state index is 13.1. The molecule has 150 valence electrons. The summed E-state index contributed by atoms with van der Waals surface area (Å²) in [5.74, 6) is -0.961. The van der Waals surface area contributed by atoms with Crippen molar-refractivity contribution in [2.45, 2.75) is 6.04 Å². The molecule has 5 nitrogen and oxygen atoms in total. The first-order valence-electron chi connectivity index (χ1n) is 9.27. The molecule has 1 amide bonds. The number of rotatable bonds is 4. The van der Waals surface area contributed by atoms with Gasteiger partial charge in [0.2, 0.25) is 0 Å². The molecule has 0 aromatic heterocycles. The molecule has 30 heavy (non-hydrogen) atoms. The average Bonchev–Trinajstić information content (AvgIpc) is 3.04. The molecule has 1 aliphatic heterocycles. The van der Waals surface area contributed by atoms with Crippen molar-refractivity contribution in [3.05, 3.63) is 100 Å². The summed E-state index contributed by atoms with van der Waals surface area (Å²) in [5.41, 5.74) is 1.77. The fourth-order valence-corrected chi connectivity index (χ4v) is 3.97. The van der Waals surface area contributed by atoms with E-state index in [1.807, 2.05) is 12.1 Å². The Morgan fingerprint density at radius 1 is 0.967 bits per heavy atom. The van der Waals surface area contributed by atoms with Gasteiger partial charge in [-0.05, 0) is 35.9 Å². The molecule has 1 heterocycles. The molecule has 3 aromatic rings. The molecule has 1 N–H and O–H groups in total. The van der Waals surface area contributed by atoms with Crippen LogP contribution in [0.25, 0.3) is 5.76 Å². The van der Waals surface area contributed by atoms with Crippen molar-refractivity contribution in [3.8, 4) is 5.75 Å². The Labute approximate surface area is 182 Å². The van der Waals surface area contributed by atoms with Gasteiger partial charge in [0.1, 0.15) is 11.5 Å². The number of nitrogens with zero attached hydrogens (tertiary/aromatic N) is 1. The Kier molecular flexibility index (Phi) is 5.42. The number of ether oxygens (including phenoxy) is 1. The van der Waals surface area contributed by atoms with E-state index in [1.54, 1.807) is 73.8 Å². The Balaban J connectivity index is 1.94. The molecule has 0 unspecified atom stereocenters. The number of aliphatic hydroxyl groups excluding tert-OH is 1. The molecule has 4 rings (SSSR count). The lowest BCUT2D eigenvalue weighted by atomic mass is 9.95. The van der Waals surface area contributed by atoms with Gasteiger partial charge >= 0.3 is 0 Å². The molecule has 0 spiro atoms. The number of hydrogen-bond donors (Lipinski definition) is 1. The van der Waals surface area contributed by atoms with Crippen molar-refractivity contribution < 1.29 is 19.4 Å². The van der Waals surface area contributed by atoms with Crippen LogP contribution in [0.5, 0.6) is 5.75 Å². The molecule has 3 aromatic carbocycles. The molecule has 1 aliphatic rings. The van der Waals surface area contributed by atoms with Crippen LogP contribution in [0.2, 0.25) is 0 Å². The van der Waals surface area contributed by atoms with Crippen molar-refractivity contribution in [2.24, 2.45) is 0 Å². The number of carbonyl (C=O) groups excluding carboxylic acids is 2. The zero-order valence-corrected chi connectivity index (χ0v) is 17.7. The number of amides is 1. The predicted molar refractivity (Wildman–Crippen MR) is 118 cm³/mol. The highest BCUT2D eigenvalue weighted by Gasteiger charge is 2.47. The van der Waals surface area contributed by atoms with Crippen LogP contribution >= 0.6 is 15.9 Å². The van der Waals surface area contributed by atoms with Gasteiger partial charge in [-0.2, -0.15) is 0 Å². The minimum absolute atomic E-state index is 0.0522. The molecule has 6 heteroatoms. The van der Waals surface area contributed by atoms with E-state index >= 15 is 0 Å². The monoisotopic (exact) mass is 463 g/mol. The number of benzene rings is 3. The molecule has 0 radical (unpaired) electrons. The number of methoxy groups -OCH3 is 1. The van der Waals surface area contributed by atoms with Crippen LogP contribution in [0.1, 0.15) is 17.2 Å². The predicted octanol–water partition coefficient (Wildman–Crippen LogP) is 5.08. The number of ketones is 1. The first-order chi connectivity index (χ1) is 14.5. The second-order valence-corrected chi connectivity index (χ2v) is 7.70. The summed E-state index contributed by atoms with van der Waals surface area (Å²) in [5, 5.41) is 11.0. The van der Waals surface area contributed by atoms with E-state index in [0.29, 0.717) is 22.6 Å². The van der Waals surface area contributed by atoms with Gasteiger partial charge in [0.25, 0.3) is 11.7 Å². The van der Waals surface area contributed by atoms with Crippen LogP contribution in [0, 0.1) is 0 Å². The van der Waals surface area contributed by atoms with Crippen molar-refractivity contribution in [1.82, 2.24) is 0 Å². The lowest BCUT2D eigenvalue weighted by molar-refractivity contribution is -0.132. The van der Waals surface area contributed by atoms with Crippen LogP contribution in [-0.4, -0.2) is 23.9 Å². The summed E-state index contributed by atoms with van der Waals surface area (Å²) < 4.78 is 6.01. The Morgan fingerprint density at radius 2 is 1.67 bits per heavy atom. The molecule has 1 fully saturated rings. The largest absolute Gasteiger partial charge is 0.507 e. The molecule has 0 bridgehead atoms. The summed E-state index contributed by atoms with van der Waals surface area (Å²) in [6, 6.07) is 22.2. The second kappa shape index (κ2) is 8.16. The summed E-state index contributed by atoms with van der Waals surface area (Å²) in [6.45, 7) is 0. The van der Waals surface area contributed by atoms with E-state index < -0.39 is 17.7 Å². The van der Waals surface area contributed by atoms with Crippen LogP contribution in [0.15, 0.2) is 88.9 Å². The Hall–Kier alpha value is -3.38. The van der Waals surface area contributed by atoms with E-state index in [9.17, 15) is 14.7 Å². The summed E-state index contributed by atoms with van der Waals surface area (Å²) >= 11 is 3.42. The second-order valence-electron chi connectivity index (χ2n) is 6.79. The molecular formula is C24H18BrNO4. The van der Waals surface area contributed by atoms with E-state index in [1.165, 1.54) is 4.90 Å². The highest BCUT2D eigenvalue weighted by molar-refractivity contribution is 9.10. The molecule has 0 aliphatic carbocycles. The SMILES string of the molecule is COc1ccc([C@H]2C(=C(O)c3ccccc3)C(=O)C(=O)N2c2cccc(Br)c2)cc1. The first-order valence-corrected chi connectivity index (χ1v) is 10.1. The topological polar surface area (TPSA) is 66.8 Å². The smallest absolute Gasteiger partial charge is 0.300 e.